The van der Waals surface area contributed by atoms with Crippen LogP contribution in [-0.4, -0.2) is 34.7 Å². The van der Waals surface area contributed by atoms with Gasteiger partial charge in [-0.05, 0) is 61.0 Å². The molecule has 0 saturated carbocycles. The van der Waals surface area contributed by atoms with E-state index in [4.69, 9.17) is 17.3 Å². The van der Waals surface area contributed by atoms with Crippen LogP contribution >= 0.6 is 23.4 Å². The molecule has 3 atom stereocenters. The highest BCUT2D eigenvalue weighted by Crippen LogP contribution is 2.47. The third-order valence-corrected chi connectivity index (χ3v) is 7.34. The molecule has 0 bridgehead atoms. The van der Waals surface area contributed by atoms with E-state index in [9.17, 15) is 27.6 Å². The summed E-state index contributed by atoms with van der Waals surface area (Å²) in [6.45, 7) is 1.28. The molecule has 3 N–H and O–H groups in total. The van der Waals surface area contributed by atoms with Crippen molar-refractivity contribution in [3.8, 4) is 0 Å². The summed E-state index contributed by atoms with van der Waals surface area (Å²) < 4.78 is 56.9. The van der Waals surface area contributed by atoms with Gasteiger partial charge in [0.25, 0.3) is 0 Å². The lowest BCUT2D eigenvalue weighted by Crippen LogP contribution is -2.56. The Morgan fingerprint density at radius 3 is 2.37 bits per heavy atom. The number of nitrogens with two attached hydrogens (primary N) is 1. The van der Waals surface area contributed by atoms with Gasteiger partial charge in [-0.3, -0.25) is 19.3 Å². The molecule has 1 heterocycles. The Labute approximate surface area is 224 Å². The van der Waals surface area contributed by atoms with Crippen molar-refractivity contribution in [2.45, 2.75) is 35.6 Å². The molecule has 0 aromatic heterocycles. The van der Waals surface area contributed by atoms with E-state index < -0.39 is 64.7 Å². The number of hydrogen-bond acceptors (Lipinski definition) is 5. The molecule has 1 aliphatic heterocycles. The predicted octanol–water partition coefficient (Wildman–Crippen LogP) is 5.00. The Kier molecular flexibility index (Phi) is 8.10. The summed E-state index contributed by atoms with van der Waals surface area (Å²) in [5.41, 5.74) is 5.62. The number of nitrogens with zero attached hydrogens (tertiary/aromatic N) is 1. The van der Waals surface area contributed by atoms with Crippen LogP contribution < -0.4 is 11.1 Å². The number of anilines is 1. The zero-order valence-corrected chi connectivity index (χ0v) is 21.3. The van der Waals surface area contributed by atoms with Crippen LogP contribution in [0.25, 0.3) is 0 Å². The Bertz CT molecular complexity index is 1420. The molecule has 3 aromatic carbocycles. The van der Waals surface area contributed by atoms with Crippen molar-refractivity contribution in [3.63, 3.8) is 0 Å². The molecule has 0 fully saturated rings. The summed E-state index contributed by atoms with van der Waals surface area (Å²) in [5.74, 6) is -6.53. The molecular formula is C26H20ClF4N3O3S. The maximum Gasteiger partial charge on any atom is 0.249 e. The highest BCUT2D eigenvalue weighted by atomic mass is 35.5. The van der Waals surface area contributed by atoms with E-state index >= 15 is 4.39 Å². The highest BCUT2D eigenvalue weighted by Gasteiger charge is 2.45. The standard InChI is InChI=1S/C26H20ClF4N3O3S/c1-12(32)26(37)34(22(35)8-13-6-16(29)10-17(30)7-13)23-24(18-11-15(28)3-4-19(18)31)38-21-5-2-14(27)9-20(21)33-25(23)36/h2-7,9-12,23-24H,8,32H2,1H3,(H,33,36)/t12-,23-,24+/m0/s1. The van der Waals surface area contributed by atoms with Gasteiger partial charge in [0.15, 0.2) is 0 Å². The van der Waals surface area contributed by atoms with E-state index in [1.807, 2.05) is 0 Å². The Hall–Kier alpha value is -3.41. The van der Waals surface area contributed by atoms with Gasteiger partial charge in [0.05, 0.1) is 23.4 Å². The van der Waals surface area contributed by atoms with Gasteiger partial charge in [0, 0.05) is 21.5 Å². The van der Waals surface area contributed by atoms with Crippen molar-refractivity contribution in [2.75, 3.05) is 5.32 Å². The fraction of sp³-hybridized carbons (Fsp3) is 0.192. The average Bonchev–Trinajstić information content (AvgIpc) is 2.96. The third-order valence-electron chi connectivity index (χ3n) is 5.72. The second kappa shape index (κ2) is 11.1. The zero-order chi connectivity index (χ0) is 27.7. The Balaban J connectivity index is 1.87. The number of hydrogen-bond donors (Lipinski definition) is 2. The topological polar surface area (TPSA) is 92.5 Å². The molecular weight excluding hydrogens is 546 g/mol. The number of carbonyl (C=O) groups is 3. The summed E-state index contributed by atoms with van der Waals surface area (Å²) in [5, 5.41) is 1.53. The first-order valence-corrected chi connectivity index (χ1v) is 12.5. The van der Waals surface area contributed by atoms with Crippen molar-refractivity contribution in [2.24, 2.45) is 5.73 Å². The summed E-state index contributed by atoms with van der Waals surface area (Å²) >= 11 is 6.97. The molecule has 0 saturated heterocycles. The van der Waals surface area contributed by atoms with Gasteiger partial charge in [-0.15, -0.1) is 11.8 Å². The van der Waals surface area contributed by atoms with Crippen molar-refractivity contribution < 1.29 is 31.9 Å². The SMILES string of the molecule is C[C@H](N)C(=O)N(C(=O)Cc1cc(F)cc(F)c1)[C@@H]1C(=O)Nc2cc(Cl)ccc2S[C@@H]1c1cc(F)ccc1F. The lowest BCUT2D eigenvalue weighted by atomic mass is 10.00. The molecule has 0 aliphatic carbocycles. The first kappa shape index (κ1) is 27.6. The quantitative estimate of drug-likeness (QED) is 0.425. The molecule has 38 heavy (non-hydrogen) atoms. The van der Waals surface area contributed by atoms with Gasteiger partial charge in [0.1, 0.15) is 29.3 Å². The summed E-state index contributed by atoms with van der Waals surface area (Å²) in [6.07, 6.45) is -0.682. The highest BCUT2D eigenvalue weighted by molar-refractivity contribution is 7.99. The number of halogens is 5. The molecule has 0 radical (unpaired) electrons. The van der Waals surface area contributed by atoms with Crippen LogP contribution in [0.5, 0.6) is 0 Å². The molecule has 3 aromatic rings. The van der Waals surface area contributed by atoms with Crippen LogP contribution in [0.4, 0.5) is 23.2 Å². The summed E-state index contributed by atoms with van der Waals surface area (Å²) in [6, 6.07) is 6.51. The molecule has 1 aliphatic rings. The van der Waals surface area contributed by atoms with E-state index in [0.717, 1.165) is 42.1 Å². The molecule has 3 amide bonds. The average molecular weight is 566 g/mol. The van der Waals surface area contributed by atoms with E-state index in [2.05, 4.69) is 5.32 Å². The number of imide groups is 1. The van der Waals surface area contributed by atoms with Gasteiger partial charge in [-0.2, -0.15) is 0 Å². The third kappa shape index (κ3) is 5.85. The monoisotopic (exact) mass is 565 g/mol. The van der Waals surface area contributed by atoms with Gasteiger partial charge in [-0.25, -0.2) is 17.6 Å². The number of rotatable bonds is 5. The van der Waals surface area contributed by atoms with Crippen LogP contribution in [0.3, 0.4) is 0 Å². The van der Waals surface area contributed by atoms with Crippen molar-refractivity contribution in [1.82, 2.24) is 4.90 Å². The Morgan fingerprint density at radius 1 is 1.03 bits per heavy atom. The number of thioether (sulfide) groups is 1. The van der Waals surface area contributed by atoms with Gasteiger partial charge in [-0.1, -0.05) is 11.6 Å². The molecule has 6 nitrogen and oxygen atoms in total. The van der Waals surface area contributed by atoms with Crippen LogP contribution in [0.2, 0.25) is 5.02 Å². The maximum atomic E-state index is 15.1. The lowest BCUT2D eigenvalue weighted by Gasteiger charge is -2.34. The predicted molar refractivity (Wildman–Crippen MR) is 134 cm³/mol. The first-order valence-electron chi connectivity index (χ1n) is 11.2. The smallest absolute Gasteiger partial charge is 0.249 e. The van der Waals surface area contributed by atoms with Gasteiger partial charge < -0.3 is 11.1 Å². The molecule has 12 heteroatoms. The number of amides is 3. The van der Waals surface area contributed by atoms with Gasteiger partial charge in [0.2, 0.25) is 17.7 Å². The second-order valence-corrected chi connectivity index (χ2v) is 10.2. The van der Waals surface area contributed by atoms with Gasteiger partial charge >= 0.3 is 0 Å². The Morgan fingerprint density at radius 2 is 1.71 bits per heavy atom. The number of nitrogens with one attached hydrogen (secondary N) is 1. The number of carbonyl (C=O) groups excluding carboxylic acids is 3. The van der Waals surface area contributed by atoms with Crippen LogP contribution in [0.1, 0.15) is 23.3 Å². The molecule has 0 spiro atoms. The van der Waals surface area contributed by atoms with E-state index in [-0.39, 0.29) is 21.8 Å². The van der Waals surface area contributed by atoms with Crippen LogP contribution in [-0.2, 0) is 20.8 Å². The van der Waals surface area contributed by atoms with Crippen LogP contribution in [0, 0.1) is 23.3 Å². The van der Waals surface area contributed by atoms with E-state index in [1.165, 1.54) is 19.1 Å². The minimum absolute atomic E-state index is 0.111. The first-order chi connectivity index (χ1) is 17.9. The fourth-order valence-corrected chi connectivity index (χ4v) is 5.59. The maximum absolute atomic E-state index is 15.1. The van der Waals surface area contributed by atoms with E-state index in [1.54, 1.807) is 6.07 Å². The second-order valence-electron chi connectivity index (χ2n) is 8.62. The van der Waals surface area contributed by atoms with Crippen molar-refractivity contribution in [1.29, 1.82) is 0 Å². The minimum atomic E-state index is -1.73. The minimum Gasteiger partial charge on any atom is -0.323 e. The number of fused-ring (bicyclic) bond motifs is 1. The number of benzene rings is 3. The molecule has 198 valence electrons. The molecule has 4 rings (SSSR count). The fourth-order valence-electron chi connectivity index (χ4n) is 4.07. The largest absolute Gasteiger partial charge is 0.323 e. The summed E-state index contributed by atoms with van der Waals surface area (Å²) in [7, 11) is 0. The van der Waals surface area contributed by atoms with Crippen molar-refractivity contribution in [3.05, 3.63) is 94.0 Å². The molecule has 0 unspecified atom stereocenters. The van der Waals surface area contributed by atoms with Crippen molar-refractivity contribution >= 4 is 46.8 Å². The van der Waals surface area contributed by atoms with Crippen LogP contribution in [0.15, 0.2) is 59.5 Å². The lowest BCUT2D eigenvalue weighted by molar-refractivity contribution is -0.151. The normalized spacial score (nSPS) is 17.7. The summed E-state index contributed by atoms with van der Waals surface area (Å²) in [4.78, 5) is 41.4. The zero-order valence-electron chi connectivity index (χ0n) is 19.7. The van der Waals surface area contributed by atoms with E-state index in [0.29, 0.717) is 15.9 Å².